The molecule has 2 atom stereocenters. The SMILES string of the molecule is CC[C@H](C)NC(=O)[C@H](CC)N(CCc1ccccc1)C(=O)CCCN(c1cc(C)ccc1C)S(C)(=O)=O. The molecule has 0 heterocycles. The molecule has 0 bridgehead atoms. The lowest BCUT2D eigenvalue weighted by atomic mass is 10.1. The smallest absolute Gasteiger partial charge is 0.243 e. The minimum atomic E-state index is -3.53. The molecule has 0 radical (unpaired) electrons. The van der Waals surface area contributed by atoms with Gasteiger partial charge in [0.2, 0.25) is 21.8 Å². The normalized spacial score (nSPS) is 13.0. The standard InChI is InChI=1S/C29H43N3O4S/c1-7-24(5)30-29(34)26(8-2)31(20-18-25-13-10-9-11-14-25)28(33)15-12-19-32(37(6,35)36)27-21-22(3)16-17-23(27)4/h9-11,13-14,16-17,21,24,26H,7-8,12,15,18-20H2,1-6H3,(H,30,34)/t24-,26-/m0/s1. The summed E-state index contributed by atoms with van der Waals surface area (Å²) in [5.74, 6) is -0.289. The van der Waals surface area contributed by atoms with Crippen LogP contribution in [0.1, 0.15) is 63.1 Å². The Kier molecular flexibility index (Phi) is 11.6. The van der Waals surface area contributed by atoms with Crippen LogP contribution >= 0.6 is 0 Å². The molecule has 37 heavy (non-hydrogen) atoms. The van der Waals surface area contributed by atoms with E-state index in [1.165, 1.54) is 10.6 Å². The highest BCUT2D eigenvalue weighted by Crippen LogP contribution is 2.24. The highest BCUT2D eigenvalue weighted by atomic mass is 32.2. The number of rotatable bonds is 14. The fraction of sp³-hybridized carbons (Fsp3) is 0.517. The number of anilines is 1. The quantitative estimate of drug-likeness (QED) is 0.387. The zero-order valence-electron chi connectivity index (χ0n) is 23.2. The number of hydrogen-bond donors (Lipinski definition) is 1. The predicted octanol–water partition coefficient (Wildman–Crippen LogP) is 4.61. The summed E-state index contributed by atoms with van der Waals surface area (Å²) < 4.78 is 26.6. The number of benzene rings is 2. The minimum absolute atomic E-state index is 0.0218. The summed E-state index contributed by atoms with van der Waals surface area (Å²) in [6, 6.07) is 15.0. The average molecular weight is 530 g/mol. The van der Waals surface area contributed by atoms with Crippen molar-refractivity contribution < 1.29 is 18.0 Å². The molecule has 2 aromatic rings. The maximum Gasteiger partial charge on any atom is 0.243 e. The lowest BCUT2D eigenvalue weighted by molar-refractivity contribution is -0.141. The molecular formula is C29H43N3O4S. The third-order valence-corrected chi connectivity index (χ3v) is 7.84. The van der Waals surface area contributed by atoms with Crippen molar-refractivity contribution in [3.63, 3.8) is 0 Å². The zero-order valence-corrected chi connectivity index (χ0v) is 24.0. The second kappa shape index (κ2) is 14.2. The van der Waals surface area contributed by atoms with Gasteiger partial charge >= 0.3 is 0 Å². The van der Waals surface area contributed by atoms with Crippen molar-refractivity contribution in [1.82, 2.24) is 10.2 Å². The van der Waals surface area contributed by atoms with E-state index in [2.05, 4.69) is 5.32 Å². The highest BCUT2D eigenvalue weighted by molar-refractivity contribution is 7.92. The van der Waals surface area contributed by atoms with Crippen molar-refractivity contribution in [1.29, 1.82) is 0 Å². The monoisotopic (exact) mass is 529 g/mol. The molecule has 0 unspecified atom stereocenters. The van der Waals surface area contributed by atoms with E-state index in [-0.39, 0.29) is 30.8 Å². The van der Waals surface area contributed by atoms with Crippen molar-refractivity contribution in [2.75, 3.05) is 23.7 Å². The van der Waals surface area contributed by atoms with E-state index in [0.717, 1.165) is 23.1 Å². The summed E-state index contributed by atoms with van der Waals surface area (Å²) in [5, 5.41) is 3.02. The molecule has 0 saturated carbocycles. The Labute approximate surface area is 223 Å². The first-order valence-corrected chi connectivity index (χ1v) is 15.0. The van der Waals surface area contributed by atoms with E-state index in [4.69, 9.17) is 0 Å². The van der Waals surface area contributed by atoms with Crippen LogP contribution in [-0.2, 0) is 26.0 Å². The van der Waals surface area contributed by atoms with Crippen LogP contribution in [0.3, 0.4) is 0 Å². The van der Waals surface area contributed by atoms with Crippen molar-refractivity contribution in [3.8, 4) is 0 Å². The van der Waals surface area contributed by atoms with Gasteiger partial charge in [-0.15, -0.1) is 0 Å². The Morgan fingerprint density at radius 1 is 0.973 bits per heavy atom. The Morgan fingerprint density at radius 3 is 2.24 bits per heavy atom. The molecule has 7 nitrogen and oxygen atoms in total. The van der Waals surface area contributed by atoms with Gasteiger partial charge in [-0.3, -0.25) is 13.9 Å². The number of nitrogens with zero attached hydrogens (tertiary/aromatic N) is 2. The summed E-state index contributed by atoms with van der Waals surface area (Å²) in [6.07, 6.45) is 3.64. The molecular weight excluding hydrogens is 486 g/mol. The van der Waals surface area contributed by atoms with Gasteiger partial charge in [0, 0.05) is 25.6 Å². The Balaban J connectivity index is 2.20. The zero-order chi connectivity index (χ0) is 27.6. The molecule has 0 spiro atoms. The van der Waals surface area contributed by atoms with Gasteiger partial charge in [0.15, 0.2) is 0 Å². The van der Waals surface area contributed by atoms with E-state index >= 15 is 0 Å². The van der Waals surface area contributed by atoms with E-state index in [9.17, 15) is 18.0 Å². The molecule has 1 N–H and O–H groups in total. The number of sulfonamides is 1. The van der Waals surface area contributed by atoms with E-state index in [1.807, 2.05) is 83.1 Å². The number of hydrogen-bond acceptors (Lipinski definition) is 4. The number of amides is 2. The first kappa shape index (κ1) is 30.4. The first-order chi connectivity index (χ1) is 17.5. The van der Waals surface area contributed by atoms with Gasteiger partial charge in [0.1, 0.15) is 6.04 Å². The Bertz CT molecular complexity index is 1140. The summed E-state index contributed by atoms with van der Waals surface area (Å²) >= 11 is 0. The second-order valence-corrected chi connectivity index (χ2v) is 11.7. The van der Waals surface area contributed by atoms with Crippen molar-refractivity contribution >= 4 is 27.5 Å². The summed E-state index contributed by atoms with van der Waals surface area (Å²) in [7, 11) is -3.53. The molecule has 2 amide bonds. The average Bonchev–Trinajstić information content (AvgIpc) is 2.85. The minimum Gasteiger partial charge on any atom is -0.352 e. The lowest BCUT2D eigenvalue weighted by Crippen LogP contribution is -2.51. The number of carbonyl (C=O) groups is 2. The van der Waals surface area contributed by atoms with Gasteiger partial charge < -0.3 is 10.2 Å². The largest absolute Gasteiger partial charge is 0.352 e. The molecule has 2 rings (SSSR count). The Morgan fingerprint density at radius 2 is 1.65 bits per heavy atom. The molecule has 0 aliphatic carbocycles. The molecule has 204 valence electrons. The van der Waals surface area contributed by atoms with Crippen LogP contribution in [0.15, 0.2) is 48.5 Å². The fourth-order valence-corrected chi connectivity index (χ4v) is 5.32. The molecule has 8 heteroatoms. The van der Waals surface area contributed by atoms with Crippen LogP contribution in [0.5, 0.6) is 0 Å². The molecule has 0 aromatic heterocycles. The number of nitrogens with one attached hydrogen (secondary N) is 1. The summed E-state index contributed by atoms with van der Waals surface area (Å²) in [5.41, 5.74) is 3.56. The van der Waals surface area contributed by atoms with Gasteiger partial charge in [0.05, 0.1) is 11.9 Å². The molecule has 0 aliphatic heterocycles. The van der Waals surface area contributed by atoms with Crippen LogP contribution in [0.4, 0.5) is 5.69 Å². The van der Waals surface area contributed by atoms with Gasteiger partial charge in [-0.1, -0.05) is 56.3 Å². The number of carbonyl (C=O) groups excluding carboxylic acids is 2. The maximum atomic E-state index is 13.5. The van der Waals surface area contributed by atoms with Crippen LogP contribution in [0.25, 0.3) is 0 Å². The van der Waals surface area contributed by atoms with E-state index in [1.54, 1.807) is 4.90 Å². The van der Waals surface area contributed by atoms with Crippen molar-refractivity contribution in [2.45, 2.75) is 78.8 Å². The fourth-order valence-electron chi connectivity index (χ4n) is 4.31. The molecule has 0 fully saturated rings. The van der Waals surface area contributed by atoms with Crippen LogP contribution in [0.2, 0.25) is 0 Å². The van der Waals surface area contributed by atoms with Gasteiger partial charge in [-0.2, -0.15) is 0 Å². The van der Waals surface area contributed by atoms with Crippen molar-refractivity contribution in [3.05, 3.63) is 65.2 Å². The van der Waals surface area contributed by atoms with E-state index in [0.29, 0.717) is 31.5 Å². The summed E-state index contributed by atoms with van der Waals surface area (Å²) in [6.45, 7) is 10.3. The number of aryl methyl sites for hydroxylation is 2. The lowest BCUT2D eigenvalue weighted by Gasteiger charge is -2.32. The van der Waals surface area contributed by atoms with Crippen LogP contribution in [0, 0.1) is 13.8 Å². The second-order valence-electron chi connectivity index (χ2n) is 9.79. The van der Waals surface area contributed by atoms with Gasteiger partial charge in [-0.05, 0) is 69.2 Å². The van der Waals surface area contributed by atoms with Crippen molar-refractivity contribution in [2.24, 2.45) is 0 Å². The topological polar surface area (TPSA) is 86.8 Å². The van der Waals surface area contributed by atoms with Crippen LogP contribution < -0.4 is 9.62 Å². The van der Waals surface area contributed by atoms with Gasteiger partial charge in [0.25, 0.3) is 0 Å². The van der Waals surface area contributed by atoms with E-state index < -0.39 is 16.1 Å². The highest BCUT2D eigenvalue weighted by Gasteiger charge is 2.29. The molecule has 2 aromatic carbocycles. The first-order valence-electron chi connectivity index (χ1n) is 13.2. The van der Waals surface area contributed by atoms with Crippen LogP contribution in [-0.4, -0.2) is 56.6 Å². The maximum absolute atomic E-state index is 13.5. The van der Waals surface area contributed by atoms with Gasteiger partial charge in [-0.25, -0.2) is 8.42 Å². The Hall–Kier alpha value is -2.87. The summed E-state index contributed by atoms with van der Waals surface area (Å²) in [4.78, 5) is 28.2. The molecule has 0 saturated heterocycles. The third kappa shape index (κ3) is 9.18. The molecule has 0 aliphatic rings. The predicted molar refractivity (Wildman–Crippen MR) is 151 cm³/mol. The third-order valence-electron chi connectivity index (χ3n) is 6.66.